The molecule has 0 saturated carbocycles. The molecule has 2 heteroatoms. The van der Waals surface area contributed by atoms with Crippen LogP contribution >= 0.6 is 0 Å². The highest BCUT2D eigenvalue weighted by Gasteiger charge is 2.07. The van der Waals surface area contributed by atoms with Crippen LogP contribution in [0.4, 0.5) is 0 Å². The quantitative estimate of drug-likeness (QED) is 0.829. The molecule has 2 N–H and O–H groups in total. The summed E-state index contributed by atoms with van der Waals surface area (Å²) < 4.78 is 5.87. The van der Waals surface area contributed by atoms with E-state index in [-0.39, 0.29) is 0 Å². The number of hydrogen-bond acceptors (Lipinski definition) is 2. The van der Waals surface area contributed by atoms with Crippen molar-refractivity contribution < 1.29 is 4.74 Å². The molecule has 0 fully saturated rings. The minimum absolute atomic E-state index is 0.533. The van der Waals surface area contributed by atoms with E-state index in [2.05, 4.69) is 39.8 Å². The predicted molar refractivity (Wildman–Crippen MR) is 69.0 cm³/mol. The Balaban J connectivity index is 2.63. The van der Waals surface area contributed by atoms with Crippen LogP contribution in [0.25, 0.3) is 0 Å². The van der Waals surface area contributed by atoms with Crippen LogP contribution in [0, 0.1) is 26.7 Å². The molecule has 0 aliphatic heterocycles. The molecule has 1 aromatic carbocycles. The molecule has 1 rings (SSSR count). The fraction of sp³-hybridized carbons (Fsp3) is 0.571. The molecule has 2 nitrogen and oxygen atoms in total. The van der Waals surface area contributed by atoms with E-state index in [0.29, 0.717) is 5.92 Å². The van der Waals surface area contributed by atoms with Crippen LogP contribution in [0.3, 0.4) is 0 Å². The Bertz CT molecular complexity index is 347. The van der Waals surface area contributed by atoms with Gasteiger partial charge in [0.05, 0.1) is 6.61 Å². The van der Waals surface area contributed by atoms with Gasteiger partial charge in [-0.05, 0) is 56.3 Å². The fourth-order valence-electron chi connectivity index (χ4n) is 1.63. The molecular weight excluding hydrogens is 198 g/mol. The van der Waals surface area contributed by atoms with Crippen molar-refractivity contribution in [3.8, 4) is 5.75 Å². The standard InChI is InChI=1S/C14H23NO/c1-10(9-15)7-8-16-14-12(3)6-5-11(2)13(14)4/h5-6,10H,7-9,15H2,1-4H3. The van der Waals surface area contributed by atoms with Crippen LogP contribution in [0.1, 0.15) is 30.0 Å². The summed E-state index contributed by atoms with van der Waals surface area (Å²) in [6.45, 7) is 9.96. The average Bonchev–Trinajstić information content (AvgIpc) is 2.28. The first kappa shape index (κ1) is 13.0. The van der Waals surface area contributed by atoms with Gasteiger partial charge in [-0.2, -0.15) is 0 Å². The lowest BCUT2D eigenvalue weighted by molar-refractivity contribution is 0.282. The Morgan fingerprint density at radius 3 is 2.44 bits per heavy atom. The normalized spacial score (nSPS) is 12.6. The zero-order valence-corrected chi connectivity index (χ0v) is 10.8. The topological polar surface area (TPSA) is 35.2 Å². The van der Waals surface area contributed by atoms with E-state index in [4.69, 9.17) is 10.5 Å². The molecule has 0 aliphatic carbocycles. The van der Waals surface area contributed by atoms with Gasteiger partial charge in [-0.1, -0.05) is 19.1 Å². The molecule has 0 spiro atoms. The second kappa shape index (κ2) is 5.90. The van der Waals surface area contributed by atoms with Crippen molar-refractivity contribution in [3.63, 3.8) is 0 Å². The van der Waals surface area contributed by atoms with Crippen molar-refractivity contribution >= 4 is 0 Å². The molecule has 0 aromatic heterocycles. The molecule has 0 bridgehead atoms. The van der Waals surface area contributed by atoms with Crippen LogP contribution in [-0.2, 0) is 0 Å². The van der Waals surface area contributed by atoms with Gasteiger partial charge in [0.25, 0.3) is 0 Å². The maximum Gasteiger partial charge on any atom is 0.125 e. The van der Waals surface area contributed by atoms with Crippen LogP contribution in [0.5, 0.6) is 5.75 Å². The van der Waals surface area contributed by atoms with Gasteiger partial charge in [-0.3, -0.25) is 0 Å². The maximum absolute atomic E-state index is 5.87. The number of nitrogens with two attached hydrogens (primary N) is 1. The zero-order valence-electron chi connectivity index (χ0n) is 10.8. The van der Waals surface area contributed by atoms with Crippen LogP contribution < -0.4 is 10.5 Å². The summed E-state index contributed by atoms with van der Waals surface area (Å²) in [5, 5.41) is 0. The molecule has 1 unspecified atom stereocenters. The first-order valence-electron chi connectivity index (χ1n) is 5.96. The minimum Gasteiger partial charge on any atom is -0.493 e. The van der Waals surface area contributed by atoms with E-state index in [9.17, 15) is 0 Å². The van der Waals surface area contributed by atoms with Gasteiger partial charge < -0.3 is 10.5 Å². The largest absolute Gasteiger partial charge is 0.493 e. The zero-order chi connectivity index (χ0) is 12.1. The van der Waals surface area contributed by atoms with E-state index >= 15 is 0 Å². The van der Waals surface area contributed by atoms with Gasteiger partial charge in [0.15, 0.2) is 0 Å². The molecule has 90 valence electrons. The molecule has 16 heavy (non-hydrogen) atoms. The number of aryl methyl sites for hydroxylation is 2. The summed E-state index contributed by atoms with van der Waals surface area (Å²) >= 11 is 0. The van der Waals surface area contributed by atoms with Gasteiger partial charge in [-0.25, -0.2) is 0 Å². The lowest BCUT2D eigenvalue weighted by atomic mass is 10.1. The van der Waals surface area contributed by atoms with Gasteiger partial charge >= 0.3 is 0 Å². The molecule has 1 atom stereocenters. The van der Waals surface area contributed by atoms with Crippen molar-refractivity contribution in [1.82, 2.24) is 0 Å². The Kier molecular flexibility index (Phi) is 4.81. The van der Waals surface area contributed by atoms with Crippen LogP contribution in [0.2, 0.25) is 0 Å². The summed E-state index contributed by atoms with van der Waals surface area (Å²) in [4.78, 5) is 0. The van der Waals surface area contributed by atoms with Crippen LogP contribution in [0.15, 0.2) is 12.1 Å². The third-order valence-corrected chi connectivity index (χ3v) is 3.13. The summed E-state index contributed by atoms with van der Waals surface area (Å²) in [6, 6.07) is 4.25. The van der Waals surface area contributed by atoms with Gasteiger partial charge in [-0.15, -0.1) is 0 Å². The highest BCUT2D eigenvalue weighted by Crippen LogP contribution is 2.25. The first-order chi connectivity index (χ1) is 7.56. The smallest absolute Gasteiger partial charge is 0.125 e. The number of rotatable bonds is 5. The molecule has 0 radical (unpaired) electrons. The van der Waals surface area contributed by atoms with Gasteiger partial charge in [0.1, 0.15) is 5.75 Å². The van der Waals surface area contributed by atoms with Crippen molar-refractivity contribution in [2.45, 2.75) is 34.1 Å². The lowest BCUT2D eigenvalue weighted by Crippen LogP contribution is -2.14. The van der Waals surface area contributed by atoms with E-state index < -0.39 is 0 Å². The van der Waals surface area contributed by atoms with E-state index in [0.717, 1.165) is 25.3 Å². The average molecular weight is 221 g/mol. The number of benzene rings is 1. The molecule has 0 saturated heterocycles. The third kappa shape index (κ3) is 3.24. The van der Waals surface area contributed by atoms with E-state index in [1.807, 2.05) is 0 Å². The second-order valence-electron chi connectivity index (χ2n) is 4.63. The summed E-state index contributed by atoms with van der Waals surface area (Å²) in [5.74, 6) is 1.58. The Morgan fingerprint density at radius 2 is 1.81 bits per heavy atom. The minimum atomic E-state index is 0.533. The van der Waals surface area contributed by atoms with Gasteiger partial charge in [0, 0.05) is 0 Å². The maximum atomic E-state index is 5.87. The molecular formula is C14H23NO. The van der Waals surface area contributed by atoms with Crippen molar-refractivity contribution in [1.29, 1.82) is 0 Å². The number of hydrogen-bond donors (Lipinski definition) is 1. The van der Waals surface area contributed by atoms with Gasteiger partial charge in [0.2, 0.25) is 0 Å². The predicted octanol–water partition coefficient (Wildman–Crippen LogP) is 2.98. The summed E-state index contributed by atoms with van der Waals surface area (Å²) in [7, 11) is 0. The summed E-state index contributed by atoms with van der Waals surface area (Å²) in [6.07, 6.45) is 1.02. The first-order valence-corrected chi connectivity index (χ1v) is 5.96. The molecule has 1 aromatic rings. The second-order valence-corrected chi connectivity index (χ2v) is 4.63. The third-order valence-electron chi connectivity index (χ3n) is 3.13. The van der Waals surface area contributed by atoms with Crippen LogP contribution in [-0.4, -0.2) is 13.2 Å². The molecule has 0 aliphatic rings. The monoisotopic (exact) mass is 221 g/mol. The molecule has 0 heterocycles. The van der Waals surface area contributed by atoms with E-state index in [1.54, 1.807) is 0 Å². The number of ether oxygens (including phenoxy) is 1. The van der Waals surface area contributed by atoms with Crippen molar-refractivity contribution in [2.24, 2.45) is 11.7 Å². The Morgan fingerprint density at radius 1 is 1.19 bits per heavy atom. The lowest BCUT2D eigenvalue weighted by Gasteiger charge is -2.15. The van der Waals surface area contributed by atoms with E-state index in [1.165, 1.54) is 16.7 Å². The summed E-state index contributed by atoms with van der Waals surface area (Å²) in [5.41, 5.74) is 9.33. The highest BCUT2D eigenvalue weighted by molar-refractivity contribution is 5.44. The fourth-order valence-corrected chi connectivity index (χ4v) is 1.63. The Labute approximate surface area is 98.8 Å². The highest BCUT2D eigenvalue weighted by atomic mass is 16.5. The van der Waals surface area contributed by atoms with Crippen molar-refractivity contribution in [3.05, 3.63) is 28.8 Å². The SMILES string of the molecule is Cc1ccc(C)c(OCCC(C)CN)c1C. The molecule has 0 amide bonds. The van der Waals surface area contributed by atoms with Crippen molar-refractivity contribution in [2.75, 3.05) is 13.2 Å². The Hall–Kier alpha value is -1.02.